The molecule has 1 aliphatic rings. The van der Waals surface area contributed by atoms with Gasteiger partial charge in [0, 0.05) is 32.7 Å². The Labute approximate surface area is 293 Å². The van der Waals surface area contributed by atoms with Crippen LogP contribution in [0.5, 0.6) is 0 Å². The van der Waals surface area contributed by atoms with Crippen LogP contribution >= 0.6 is 23.1 Å². The molecule has 246 valence electrons. The van der Waals surface area contributed by atoms with Gasteiger partial charge in [-0.2, -0.15) is 5.26 Å². The van der Waals surface area contributed by atoms with Crippen molar-refractivity contribution in [2.24, 2.45) is 5.92 Å². The zero-order chi connectivity index (χ0) is 34.3. The van der Waals surface area contributed by atoms with Gasteiger partial charge in [-0.3, -0.25) is 14.4 Å². The molecule has 0 bridgehead atoms. The van der Waals surface area contributed by atoms with Gasteiger partial charge in [-0.05, 0) is 86.2 Å². The number of hydrogen-bond donors (Lipinski definition) is 3. The van der Waals surface area contributed by atoms with Gasteiger partial charge in [-0.1, -0.05) is 55.5 Å². The quantitative estimate of drug-likeness (QED) is 0.1000. The molecule has 2 heterocycles. The lowest BCUT2D eigenvalue weighted by Gasteiger charge is -2.17. The maximum atomic E-state index is 13.5. The van der Waals surface area contributed by atoms with Crippen molar-refractivity contribution in [2.45, 2.75) is 43.3 Å². The second kappa shape index (κ2) is 15.2. The van der Waals surface area contributed by atoms with Gasteiger partial charge in [0.05, 0.1) is 10.8 Å². The predicted molar refractivity (Wildman–Crippen MR) is 195 cm³/mol. The molecule has 0 spiro atoms. The van der Waals surface area contributed by atoms with Gasteiger partial charge in [0.15, 0.2) is 0 Å². The third-order valence-corrected chi connectivity index (χ3v) is 10.4. The van der Waals surface area contributed by atoms with Crippen LogP contribution in [0.4, 0.5) is 10.7 Å². The van der Waals surface area contributed by atoms with Crippen molar-refractivity contribution in [3.05, 3.63) is 130 Å². The summed E-state index contributed by atoms with van der Waals surface area (Å²) in [5.74, 6) is 0.458. The van der Waals surface area contributed by atoms with E-state index in [1.165, 1.54) is 34.1 Å². The molecule has 8 nitrogen and oxygen atoms in total. The standard InChI is InChI=1S/C39H34N4O4S2/c1-24-13-19-31-32(23-40)39(49-35(31)21-24)43-36(44)25(2)48-30-17-14-28(15-18-30)41-38(46)33(42-37(45)27-11-7-4-8-12-27)22-29-16-20-34(47-29)26-9-5-3-6-10-26/h3-12,14-18,20,22,24-25H,13,19,21H2,1-2H3,(H,41,46)(H,42,45)(H,43,44)/b33-22+/t24-,25-/m1/s1. The van der Waals surface area contributed by atoms with Crippen molar-refractivity contribution in [3.8, 4) is 17.4 Å². The van der Waals surface area contributed by atoms with E-state index in [0.717, 1.165) is 35.3 Å². The van der Waals surface area contributed by atoms with Gasteiger partial charge >= 0.3 is 0 Å². The summed E-state index contributed by atoms with van der Waals surface area (Å²) in [6.45, 7) is 4.03. The summed E-state index contributed by atoms with van der Waals surface area (Å²) in [5.41, 5.74) is 3.48. The summed E-state index contributed by atoms with van der Waals surface area (Å²) < 4.78 is 5.98. The lowest BCUT2D eigenvalue weighted by molar-refractivity contribution is -0.115. The van der Waals surface area contributed by atoms with E-state index in [0.29, 0.717) is 39.3 Å². The summed E-state index contributed by atoms with van der Waals surface area (Å²) in [5, 5.41) is 18.6. The fourth-order valence-electron chi connectivity index (χ4n) is 5.52. The largest absolute Gasteiger partial charge is 0.457 e. The monoisotopic (exact) mass is 686 g/mol. The summed E-state index contributed by atoms with van der Waals surface area (Å²) in [6, 6.07) is 31.2. The lowest BCUT2D eigenvalue weighted by atomic mass is 9.89. The number of amides is 3. The summed E-state index contributed by atoms with van der Waals surface area (Å²) in [6.07, 6.45) is 4.35. The average Bonchev–Trinajstić information content (AvgIpc) is 3.73. The molecule has 0 saturated carbocycles. The number of thiophene rings is 1. The Morgan fingerprint density at radius 2 is 1.67 bits per heavy atom. The first-order chi connectivity index (χ1) is 23.8. The molecular formula is C39H34N4O4S2. The highest BCUT2D eigenvalue weighted by Crippen LogP contribution is 2.39. The first-order valence-electron chi connectivity index (χ1n) is 15.9. The summed E-state index contributed by atoms with van der Waals surface area (Å²) >= 11 is 2.89. The highest BCUT2D eigenvalue weighted by Gasteiger charge is 2.26. The van der Waals surface area contributed by atoms with E-state index in [4.69, 9.17) is 4.42 Å². The Morgan fingerprint density at radius 3 is 2.39 bits per heavy atom. The average molecular weight is 687 g/mol. The highest BCUT2D eigenvalue weighted by molar-refractivity contribution is 8.00. The number of anilines is 2. The maximum Gasteiger partial charge on any atom is 0.272 e. The van der Waals surface area contributed by atoms with E-state index in [1.807, 2.05) is 61.5 Å². The zero-order valence-electron chi connectivity index (χ0n) is 27.0. The van der Waals surface area contributed by atoms with E-state index in [1.54, 1.807) is 42.5 Å². The molecule has 0 aliphatic heterocycles. The molecule has 0 saturated heterocycles. The van der Waals surface area contributed by atoms with Gasteiger partial charge in [-0.25, -0.2) is 0 Å². The fourth-order valence-corrected chi connectivity index (χ4v) is 7.75. The van der Waals surface area contributed by atoms with Gasteiger partial charge in [-0.15, -0.1) is 23.1 Å². The Hall–Kier alpha value is -5.37. The highest BCUT2D eigenvalue weighted by atomic mass is 32.2. The topological polar surface area (TPSA) is 124 Å². The van der Waals surface area contributed by atoms with Crippen LogP contribution in [0, 0.1) is 17.2 Å². The first-order valence-corrected chi connectivity index (χ1v) is 17.6. The van der Waals surface area contributed by atoms with Crippen LogP contribution in [0.15, 0.2) is 112 Å². The molecule has 2 aromatic heterocycles. The SMILES string of the molecule is C[C@@H]1CCc2c(sc(NC(=O)[C@@H](C)Sc3ccc(NC(=O)/C(=C\c4ccc(-c5ccccc5)o4)NC(=O)c4ccccc4)cc3)c2C#N)C1. The number of nitrogens with one attached hydrogen (secondary N) is 3. The van der Waals surface area contributed by atoms with Crippen LogP contribution in [-0.4, -0.2) is 23.0 Å². The molecule has 1 aliphatic carbocycles. The van der Waals surface area contributed by atoms with Gasteiger partial charge in [0.1, 0.15) is 28.3 Å². The van der Waals surface area contributed by atoms with Crippen molar-refractivity contribution in [1.29, 1.82) is 5.26 Å². The number of carbonyl (C=O) groups is 3. The second-order valence-corrected chi connectivity index (χ2v) is 14.4. The van der Waals surface area contributed by atoms with Crippen molar-refractivity contribution in [3.63, 3.8) is 0 Å². The van der Waals surface area contributed by atoms with Crippen LogP contribution in [0.3, 0.4) is 0 Å². The van der Waals surface area contributed by atoms with E-state index < -0.39 is 17.1 Å². The second-order valence-electron chi connectivity index (χ2n) is 11.8. The number of thioether (sulfide) groups is 1. The number of fused-ring (bicyclic) bond motifs is 1. The predicted octanol–water partition coefficient (Wildman–Crippen LogP) is 8.53. The summed E-state index contributed by atoms with van der Waals surface area (Å²) in [4.78, 5) is 41.7. The molecule has 3 N–H and O–H groups in total. The minimum Gasteiger partial charge on any atom is -0.457 e. The minimum absolute atomic E-state index is 0.00742. The van der Waals surface area contributed by atoms with Crippen molar-refractivity contribution >= 4 is 57.6 Å². The van der Waals surface area contributed by atoms with Crippen molar-refractivity contribution < 1.29 is 18.8 Å². The molecule has 10 heteroatoms. The van der Waals surface area contributed by atoms with Crippen LogP contribution < -0.4 is 16.0 Å². The Balaban J connectivity index is 1.12. The first kappa shape index (κ1) is 33.5. The van der Waals surface area contributed by atoms with Crippen LogP contribution in [0.2, 0.25) is 0 Å². The number of rotatable bonds is 10. The number of nitrogens with zero attached hydrogens (tertiary/aromatic N) is 1. The number of nitriles is 1. The van der Waals surface area contributed by atoms with Crippen LogP contribution in [0.1, 0.15) is 52.4 Å². The molecule has 3 amide bonds. The smallest absolute Gasteiger partial charge is 0.272 e. The van der Waals surface area contributed by atoms with E-state index in [-0.39, 0.29) is 11.6 Å². The van der Waals surface area contributed by atoms with Crippen LogP contribution in [-0.2, 0) is 22.4 Å². The molecule has 0 radical (unpaired) electrons. The number of benzene rings is 3. The molecule has 0 unspecified atom stereocenters. The Morgan fingerprint density at radius 1 is 0.959 bits per heavy atom. The molecule has 6 rings (SSSR count). The summed E-state index contributed by atoms with van der Waals surface area (Å²) in [7, 11) is 0. The van der Waals surface area contributed by atoms with Crippen molar-refractivity contribution in [2.75, 3.05) is 10.6 Å². The fraction of sp³-hybridized carbons (Fsp3) is 0.179. The van der Waals surface area contributed by atoms with Gasteiger partial charge in [0.25, 0.3) is 11.8 Å². The number of hydrogen-bond acceptors (Lipinski definition) is 7. The van der Waals surface area contributed by atoms with E-state index in [2.05, 4.69) is 28.9 Å². The van der Waals surface area contributed by atoms with E-state index >= 15 is 0 Å². The minimum atomic E-state index is -0.531. The van der Waals surface area contributed by atoms with E-state index in [9.17, 15) is 19.6 Å². The molecule has 2 atom stereocenters. The zero-order valence-corrected chi connectivity index (χ0v) is 28.6. The molecule has 0 fully saturated rings. The Bertz CT molecular complexity index is 2040. The molecule has 3 aromatic carbocycles. The lowest BCUT2D eigenvalue weighted by Crippen LogP contribution is -2.30. The van der Waals surface area contributed by atoms with Crippen molar-refractivity contribution in [1.82, 2.24) is 5.32 Å². The number of furan rings is 1. The van der Waals surface area contributed by atoms with Gasteiger partial charge < -0.3 is 20.4 Å². The maximum absolute atomic E-state index is 13.5. The third kappa shape index (κ3) is 8.20. The van der Waals surface area contributed by atoms with Gasteiger partial charge in [0.2, 0.25) is 5.91 Å². The number of carbonyl (C=O) groups excluding carboxylic acids is 3. The molecule has 5 aromatic rings. The van der Waals surface area contributed by atoms with Crippen LogP contribution in [0.25, 0.3) is 17.4 Å². The Kier molecular flexibility index (Phi) is 10.4. The molecule has 49 heavy (non-hydrogen) atoms. The molecular weight excluding hydrogens is 653 g/mol. The third-order valence-electron chi connectivity index (χ3n) is 8.15. The normalized spacial score (nSPS) is 14.6.